The fourth-order valence-electron chi connectivity index (χ4n) is 2.37. The molecule has 6 heteroatoms. The number of carbonyl (C=O) groups excluding carboxylic acids is 2. The first-order valence-electron chi connectivity index (χ1n) is 8.00. The van der Waals surface area contributed by atoms with Gasteiger partial charge in [-0.15, -0.1) is 0 Å². The molecule has 132 valence electrons. The van der Waals surface area contributed by atoms with Crippen molar-refractivity contribution in [3.63, 3.8) is 0 Å². The third kappa shape index (κ3) is 4.32. The Hall–Kier alpha value is -3.05. The summed E-state index contributed by atoms with van der Waals surface area (Å²) in [6.07, 6.45) is 0.440. The van der Waals surface area contributed by atoms with Gasteiger partial charge < -0.3 is 15.1 Å². The average molecular weight is 369 g/mol. The van der Waals surface area contributed by atoms with Gasteiger partial charge in [0.2, 0.25) is 5.78 Å². The number of hydrogen-bond donors (Lipinski definition) is 2. The van der Waals surface area contributed by atoms with Crippen LogP contribution in [-0.2, 0) is 0 Å². The van der Waals surface area contributed by atoms with Crippen LogP contribution in [0, 0.1) is 6.92 Å². The molecule has 2 N–H and O–H groups in total. The second-order valence-electron chi connectivity index (χ2n) is 5.77. The molecule has 3 aromatic rings. The average Bonchev–Trinajstić information content (AvgIpc) is 3.18. The van der Waals surface area contributed by atoms with Crippen LogP contribution in [0.3, 0.4) is 0 Å². The number of anilines is 1. The number of hydrogen-bond acceptors (Lipinski definition) is 4. The van der Waals surface area contributed by atoms with Gasteiger partial charge in [-0.1, -0.05) is 41.4 Å². The second kappa shape index (κ2) is 7.89. The molecule has 0 aliphatic rings. The molecular weight excluding hydrogens is 352 g/mol. The standard InChI is InChI=1S/C20H17ClN2O3/c1-13-4-6-14(7-5-13)18(24)19(22-16-10-8-15(21)9-11-16)23-20(25)17-3-2-12-26-17/h2-12,19,22H,1H3,(H,23,25)/t19-/m0/s1. The molecule has 0 aliphatic heterocycles. The Morgan fingerprint density at radius 3 is 2.31 bits per heavy atom. The third-order valence-corrected chi connectivity index (χ3v) is 4.03. The van der Waals surface area contributed by atoms with Gasteiger partial charge in [-0.3, -0.25) is 9.59 Å². The van der Waals surface area contributed by atoms with Gasteiger partial charge >= 0.3 is 0 Å². The number of furan rings is 1. The summed E-state index contributed by atoms with van der Waals surface area (Å²) in [5.41, 5.74) is 2.18. The lowest BCUT2D eigenvalue weighted by Crippen LogP contribution is -2.46. The van der Waals surface area contributed by atoms with E-state index in [0.29, 0.717) is 16.3 Å². The summed E-state index contributed by atoms with van der Waals surface area (Å²) in [6.45, 7) is 1.94. The molecule has 1 amide bonds. The minimum absolute atomic E-state index is 0.129. The number of ketones is 1. The minimum atomic E-state index is -0.962. The van der Waals surface area contributed by atoms with Crippen LogP contribution >= 0.6 is 11.6 Å². The summed E-state index contributed by atoms with van der Waals surface area (Å²) in [7, 11) is 0. The van der Waals surface area contributed by atoms with Gasteiger partial charge in [-0.2, -0.15) is 0 Å². The van der Waals surface area contributed by atoms with Gasteiger partial charge in [0.05, 0.1) is 6.26 Å². The van der Waals surface area contributed by atoms with Gasteiger partial charge in [-0.05, 0) is 43.3 Å². The molecule has 0 saturated carbocycles. The summed E-state index contributed by atoms with van der Waals surface area (Å²) in [5.74, 6) is -0.619. The summed E-state index contributed by atoms with van der Waals surface area (Å²) in [4.78, 5) is 25.2. The molecule has 1 heterocycles. The van der Waals surface area contributed by atoms with Crippen molar-refractivity contribution in [1.82, 2.24) is 5.32 Å². The first-order valence-corrected chi connectivity index (χ1v) is 8.38. The van der Waals surface area contributed by atoms with Crippen LogP contribution < -0.4 is 10.6 Å². The largest absolute Gasteiger partial charge is 0.459 e. The monoisotopic (exact) mass is 368 g/mol. The van der Waals surface area contributed by atoms with E-state index in [0.717, 1.165) is 5.56 Å². The molecule has 26 heavy (non-hydrogen) atoms. The van der Waals surface area contributed by atoms with E-state index in [-0.39, 0.29) is 11.5 Å². The highest BCUT2D eigenvalue weighted by Gasteiger charge is 2.23. The zero-order chi connectivity index (χ0) is 18.5. The van der Waals surface area contributed by atoms with Crippen LogP contribution in [0.4, 0.5) is 5.69 Å². The van der Waals surface area contributed by atoms with Crippen molar-refractivity contribution < 1.29 is 14.0 Å². The predicted molar refractivity (Wildman–Crippen MR) is 101 cm³/mol. The molecule has 2 aromatic carbocycles. The van der Waals surface area contributed by atoms with Crippen LogP contribution in [0.25, 0.3) is 0 Å². The molecule has 0 unspecified atom stereocenters. The quantitative estimate of drug-likeness (QED) is 0.503. The van der Waals surface area contributed by atoms with E-state index in [1.807, 2.05) is 19.1 Å². The van der Waals surface area contributed by atoms with E-state index in [1.165, 1.54) is 12.3 Å². The lowest BCUT2D eigenvalue weighted by atomic mass is 10.1. The Morgan fingerprint density at radius 1 is 1.00 bits per heavy atom. The fraction of sp³-hybridized carbons (Fsp3) is 0.100. The zero-order valence-electron chi connectivity index (χ0n) is 14.0. The number of Topliss-reactive ketones (excluding diaryl/α,β-unsaturated/α-hetero) is 1. The summed E-state index contributed by atoms with van der Waals surface area (Å²) >= 11 is 5.90. The molecule has 0 aliphatic carbocycles. The van der Waals surface area contributed by atoms with Gasteiger partial charge in [0.25, 0.3) is 5.91 Å². The molecule has 0 bridgehead atoms. The number of benzene rings is 2. The van der Waals surface area contributed by atoms with E-state index in [4.69, 9.17) is 16.0 Å². The summed E-state index contributed by atoms with van der Waals surface area (Å²) < 4.78 is 5.09. The number of rotatable bonds is 6. The third-order valence-electron chi connectivity index (χ3n) is 3.77. The normalized spacial score (nSPS) is 11.6. The minimum Gasteiger partial charge on any atom is -0.459 e. The Kier molecular flexibility index (Phi) is 5.39. The van der Waals surface area contributed by atoms with E-state index in [9.17, 15) is 9.59 Å². The molecule has 3 rings (SSSR count). The van der Waals surface area contributed by atoms with Crippen LogP contribution in [-0.4, -0.2) is 17.9 Å². The second-order valence-corrected chi connectivity index (χ2v) is 6.20. The Balaban J connectivity index is 1.84. The number of carbonyl (C=O) groups is 2. The SMILES string of the molecule is Cc1ccc(C(=O)[C@H](NC(=O)c2ccco2)Nc2ccc(Cl)cc2)cc1. The number of aryl methyl sites for hydroxylation is 1. The Labute approximate surface area is 156 Å². The van der Waals surface area contributed by atoms with Gasteiger partial charge in [0.15, 0.2) is 11.9 Å². The van der Waals surface area contributed by atoms with Crippen molar-refractivity contribution in [3.8, 4) is 0 Å². The van der Waals surface area contributed by atoms with Crippen molar-refractivity contribution in [2.45, 2.75) is 13.1 Å². The van der Waals surface area contributed by atoms with Crippen molar-refractivity contribution >= 4 is 29.0 Å². The van der Waals surface area contributed by atoms with E-state index in [1.54, 1.807) is 42.5 Å². The molecule has 5 nitrogen and oxygen atoms in total. The topological polar surface area (TPSA) is 71.3 Å². The smallest absolute Gasteiger partial charge is 0.288 e. The number of amides is 1. The molecule has 1 aromatic heterocycles. The predicted octanol–water partition coefficient (Wildman–Crippen LogP) is 4.29. The lowest BCUT2D eigenvalue weighted by Gasteiger charge is -2.20. The summed E-state index contributed by atoms with van der Waals surface area (Å²) in [6, 6.07) is 17.2. The molecule has 0 radical (unpaired) electrons. The van der Waals surface area contributed by atoms with Crippen LogP contribution in [0.2, 0.25) is 5.02 Å². The highest BCUT2D eigenvalue weighted by atomic mass is 35.5. The van der Waals surface area contributed by atoms with Gasteiger partial charge in [0, 0.05) is 16.3 Å². The maximum Gasteiger partial charge on any atom is 0.288 e. The fourth-order valence-corrected chi connectivity index (χ4v) is 2.50. The van der Waals surface area contributed by atoms with Gasteiger partial charge in [-0.25, -0.2) is 0 Å². The molecule has 1 atom stereocenters. The zero-order valence-corrected chi connectivity index (χ0v) is 14.8. The van der Waals surface area contributed by atoms with E-state index < -0.39 is 12.1 Å². The number of halogens is 1. The van der Waals surface area contributed by atoms with E-state index in [2.05, 4.69) is 10.6 Å². The van der Waals surface area contributed by atoms with Crippen molar-refractivity contribution in [2.75, 3.05) is 5.32 Å². The Morgan fingerprint density at radius 2 is 1.69 bits per heavy atom. The highest BCUT2D eigenvalue weighted by molar-refractivity contribution is 6.30. The molecule has 0 saturated heterocycles. The van der Waals surface area contributed by atoms with Crippen molar-refractivity contribution in [2.24, 2.45) is 0 Å². The first-order chi connectivity index (χ1) is 12.5. The van der Waals surface area contributed by atoms with Gasteiger partial charge in [0.1, 0.15) is 0 Å². The maximum atomic E-state index is 12.9. The van der Waals surface area contributed by atoms with Crippen LogP contribution in [0.1, 0.15) is 26.5 Å². The van der Waals surface area contributed by atoms with E-state index >= 15 is 0 Å². The highest BCUT2D eigenvalue weighted by Crippen LogP contribution is 2.16. The molecular formula is C20H17ClN2O3. The molecule has 0 spiro atoms. The van der Waals surface area contributed by atoms with Crippen LogP contribution in [0.15, 0.2) is 71.3 Å². The van der Waals surface area contributed by atoms with Crippen molar-refractivity contribution in [3.05, 3.63) is 88.8 Å². The first kappa shape index (κ1) is 17.8. The Bertz CT molecular complexity index is 888. The van der Waals surface area contributed by atoms with Crippen LogP contribution in [0.5, 0.6) is 0 Å². The summed E-state index contributed by atoms with van der Waals surface area (Å²) in [5, 5.41) is 6.28. The molecule has 0 fully saturated rings. The van der Waals surface area contributed by atoms with Crippen molar-refractivity contribution in [1.29, 1.82) is 0 Å². The maximum absolute atomic E-state index is 12.9. The lowest BCUT2D eigenvalue weighted by molar-refractivity contribution is 0.0853. The number of nitrogens with one attached hydrogen (secondary N) is 2.